The molecule has 2 heterocycles. The number of nitrogens with two attached hydrogens (primary N) is 1. The van der Waals surface area contributed by atoms with E-state index in [2.05, 4.69) is 16.8 Å². The summed E-state index contributed by atoms with van der Waals surface area (Å²) in [6, 6.07) is 4.36. The summed E-state index contributed by atoms with van der Waals surface area (Å²) in [5.74, 6) is 2.44. The van der Waals surface area contributed by atoms with Gasteiger partial charge in [0, 0.05) is 19.1 Å². The summed E-state index contributed by atoms with van der Waals surface area (Å²) >= 11 is 0. The monoisotopic (exact) mass is 221 g/mol. The first kappa shape index (κ1) is 11.2. The van der Waals surface area contributed by atoms with Crippen LogP contribution in [-0.2, 0) is 0 Å². The molecule has 16 heavy (non-hydrogen) atoms. The number of hydrogen-bond acceptors (Lipinski definition) is 4. The first-order chi connectivity index (χ1) is 7.76. The second kappa shape index (κ2) is 4.70. The summed E-state index contributed by atoms with van der Waals surface area (Å²) in [5, 5.41) is 0. The number of pyridine rings is 1. The Kier molecular flexibility index (Phi) is 3.29. The smallest absolute Gasteiger partial charge is 0.137 e. The second-order valence-corrected chi connectivity index (χ2v) is 4.32. The quantitative estimate of drug-likeness (QED) is 0.835. The molecule has 1 aliphatic heterocycles. The molecule has 2 rings (SSSR count). The van der Waals surface area contributed by atoms with Crippen molar-refractivity contribution in [2.24, 2.45) is 11.7 Å². The van der Waals surface area contributed by atoms with Crippen LogP contribution in [0.2, 0.25) is 0 Å². The molecule has 1 aliphatic rings. The van der Waals surface area contributed by atoms with Crippen molar-refractivity contribution in [3.63, 3.8) is 0 Å². The molecule has 0 aliphatic carbocycles. The van der Waals surface area contributed by atoms with Gasteiger partial charge in [0.2, 0.25) is 0 Å². The highest BCUT2D eigenvalue weighted by Crippen LogP contribution is 2.28. The van der Waals surface area contributed by atoms with Crippen LogP contribution in [0.4, 0.5) is 5.82 Å². The van der Waals surface area contributed by atoms with Crippen molar-refractivity contribution in [2.45, 2.75) is 19.4 Å². The fourth-order valence-electron chi connectivity index (χ4n) is 2.32. The van der Waals surface area contributed by atoms with Crippen molar-refractivity contribution in [2.75, 3.05) is 25.1 Å². The highest BCUT2D eigenvalue weighted by Gasteiger charge is 2.30. The van der Waals surface area contributed by atoms with E-state index in [9.17, 15) is 0 Å². The van der Waals surface area contributed by atoms with E-state index in [-0.39, 0.29) is 0 Å². The van der Waals surface area contributed by atoms with Crippen LogP contribution in [0, 0.1) is 5.92 Å². The number of aromatic nitrogens is 1. The SMILES string of the molecule is COc1ccc(N2CCC(C)C2CN)nc1. The zero-order chi connectivity index (χ0) is 11.5. The fraction of sp³-hybridized carbons (Fsp3) is 0.583. The highest BCUT2D eigenvalue weighted by molar-refractivity contribution is 5.43. The van der Waals surface area contributed by atoms with Gasteiger partial charge in [-0.1, -0.05) is 6.92 Å². The Labute approximate surface area is 96.4 Å². The van der Waals surface area contributed by atoms with E-state index in [0.717, 1.165) is 18.1 Å². The second-order valence-electron chi connectivity index (χ2n) is 4.32. The van der Waals surface area contributed by atoms with Crippen molar-refractivity contribution < 1.29 is 4.74 Å². The molecule has 1 aromatic rings. The predicted octanol–water partition coefficient (Wildman–Crippen LogP) is 1.26. The van der Waals surface area contributed by atoms with Crippen molar-refractivity contribution in [3.05, 3.63) is 18.3 Å². The third kappa shape index (κ3) is 1.97. The minimum absolute atomic E-state index is 0.417. The summed E-state index contributed by atoms with van der Waals surface area (Å²) in [5.41, 5.74) is 5.81. The molecule has 2 unspecified atom stereocenters. The van der Waals surface area contributed by atoms with E-state index < -0.39 is 0 Å². The largest absolute Gasteiger partial charge is 0.495 e. The van der Waals surface area contributed by atoms with Crippen molar-refractivity contribution >= 4 is 5.82 Å². The van der Waals surface area contributed by atoms with Crippen LogP contribution >= 0.6 is 0 Å². The van der Waals surface area contributed by atoms with Gasteiger partial charge < -0.3 is 15.4 Å². The van der Waals surface area contributed by atoms with E-state index in [0.29, 0.717) is 18.5 Å². The summed E-state index contributed by atoms with van der Waals surface area (Å²) in [4.78, 5) is 6.71. The van der Waals surface area contributed by atoms with Crippen LogP contribution in [-0.4, -0.2) is 31.2 Å². The maximum atomic E-state index is 5.81. The van der Waals surface area contributed by atoms with Crippen LogP contribution < -0.4 is 15.4 Å². The Morgan fingerprint density at radius 3 is 2.94 bits per heavy atom. The van der Waals surface area contributed by atoms with Crippen molar-refractivity contribution in [1.29, 1.82) is 0 Å². The molecule has 1 saturated heterocycles. The van der Waals surface area contributed by atoms with Gasteiger partial charge in [0.1, 0.15) is 11.6 Å². The average molecular weight is 221 g/mol. The molecule has 0 spiro atoms. The molecule has 0 saturated carbocycles. The highest BCUT2D eigenvalue weighted by atomic mass is 16.5. The molecule has 0 bridgehead atoms. The standard InChI is InChI=1S/C12H19N3O/c1-9-5-6-15(11(9)7-13)12-4-3-10(16-2)8-14-12/h3-4,8-9,11H,5-7,13H2,1-2H3. The normalized spacial score (nSPS) is 24.8. The van der Waals surface area contributed by atoms with Gasteiger partial charge in [-0.2, -0.15) is 0 Å². The Balaban J connectivity index is 2.17. The number of hydrogen-bond donors (Lipinski definition) is 1. The molecule has 2 N–H and O–H groups in total. The van der Waals surface area contributed by atoms with E-state index in [1.807, 2.05) is 12.1 Å². The summed E-state index contributed by atoms with van der Waals surface area (Å²) in [6.45, 7) is 3.98. The van der Waals surface area contributed by atoms with Gasteiger partial charge in [0.25, 0.3) is 0 Å². The molecule has 4 nitrogen and oxygen atoms in total. The third-order valence-electron chi connectivity index (χ3n) is 3.37. The number of nitrogens with zero attached hydrogens (tertiary/aromatic N) is 2. The van der Waals surface area contributed by atoms with Crippen LogP contribution in [0.15, 0.2) is 18.3 Å². The lowest BCUT2D eigenvalue weighted by molar-refractivity contribution is 0.412. The van der Waals surface area contributed by atoms with E-state index >= 15 is 0 Å². The molecule has 0 aromatic carbocycles. The van der Waals surface area contributed by atoms with Gasteiger partial charge in [0.15, 0.2) is 0 Å². The molecule has 1 fully saturated rings. The minimum Gasteiger partial charge on any atom is -0.495 e. The molecule has 2 atom stereocenters. The lowest BCUT2D eigenvalue weighted by Crippen LogP contribution is -2.38. The van der Waals surface area contributed by atoms with Gasteiger partial charge in [-0.15, -0.1) is 0 Å². The lowest BCUT2D eigenvalue weighted by atomic mass is 10.0. The molecule has 88 valence electrons. The first-order valence-corrected chi connectivity index (χ1v) is 5.73. The number of anilines is 1. The third-order valence-corrected chi connectivity index (χ3v) is 3.37. The molecule has 1 aromatic heterocycles. The minimum atomic E-state index is 0.417. The van der Waals surface area contributed by atoms with Gasteiger partial charge >= 0.3 is 0 Å². The zero-order valence-corrected chi connectivity index (χ0v) is 9.89. The topological polar surface area (TPSA) is 51.4 Å². The maximum absolute atomic E-state index is 5.81. The van der Waals surface area contributed by atoms with Crippen molar-refractivity contribution in [3.8, 4) is 5.75 Å². The fourth-order valence-corrected chi connectivity index (χ4v) is 2.32. The average Bonchev–Trinajstić information content (AvgIpc) is 2.70. The van der Waals surface area contributed by atoms with Gasteiger partial charge in [-0.25, -0.2) is 4.98 Å². The van der Waals surface area contributed by atoms with Crippen LogP contribution in [0.25, 0.3) is 0 Å². The van der Waals surface area contributed by atoms with Crippen LogP contribution in [0.1, 0.15) is 13.3 Å². The van der Waals surface area contributed by atoms with Gasteiger partial charge in [0.05, 0.1) is 13.3 Å². The zero-order valence-electron chi connectivity index (χ0n) is 9.89. The van der Waals surface area contributed by atoms with Crippen LogP contribution in [0.3, 0.4) is 0 Å². The Bertz CT molecular complexity index is 339. The summed E-state index contributed by atoms with van der Waals surface area (Å²) < 4.78 is 5.10. The van der Waals surface area contributed by atoms with E-state index in [1.54, 1.807) is 13.3 Å². The van der Waals surface area contributed by atoms with Gasteiger partial charge in [-0.3, -0.25) is 0 Å². The Hall–Kier alpha value is -1.29. The molecule has 0 radical (unpaired) electrons. The van der Waals surface area contributed by atoms with Crippen LogP contribution in [0.5, 0.6) is 5.75 Å². The number of methoxy groups -OCH3 is 1. The van der Waals surface area contributed by atoms with Gasteiger partial charge in [-0.05, 0) is 24.5 Å². The number of rotatable bonds is 3. The Morgan fingerprint density at radius 2 is 2.38 bits per heavy atom. The molecular formula is C12H19N3O. The molecular weight excluding hydrogens is 202 g/mol. The first-order valence-electron chi connectivity index (χ1n) is 5.73. The predicted molar refractivity (Wildman–Crippen MR) is 64.8 cm³/mol. The molecule has 4 heteroatoms. The van der Waals surface area contributed by atoms with Crippen molar-refractivity contribution in [1.82, 2.24) is 4.98 Å². The summed E-state index contributed by atoms with van der Waals surface area (Å²) in [6.07, 6.45) is 2.95. The Morgan fingerprint density at radius 1 is 1.56 bits per heavy atom. The summed E-state index contributed by atoms with van der Waals surface area (Å²) in [7, 11) is 1.65. The van der Waals surface area contributed by atoms with E-state index in [4.69, 9.17) is 10.5 Å². The molecule has 0 amide bonds. The number of ether oxygens (including phenoxy) is 1. The van der Waals surface area contributed by atoms with E-state index in [1.165, 1.54) is 6.42 Å². The lowest BCUT2D eigenvalue weighted by Gasteiger charge is -2.26. The maximum Gasteiger partial charge on any atom is 0.137 e.